The zero-order valence-electron chi connectivity index (χ0n) is 11.0. The van der Waals surface area contributed by atoms with Gasteiger partial charge in [-0.3, -0.25) is 4.79 Å². The van der Waals surface area contributed by atoms with Gasteiger partial charge in [0.05, 0.1) is 11.9 Å². The second-order valence-electron chi connectivity index (χ2n) is 4.09. The first-order chi connectivity index (χ1) is 9.20. The number of carbonyl (C=O) groups is 1. The normalized spacial score (nSPS) is 10.0. The quantitative estimate of drug-likeness (QED) is 0.881. The Morgan fingerprint density at radius 3 is 2.74 bits per heavy atom. The van der Waals surface area contributed by atoms with Crippen molar-refractivity contribution < 1.29 is 4.79 Å². The summed E-state index contributed by atoms with van der Waals surface area (Å²) >= 11 is 0. The van der Waals surface area contributed by atoms with Crippen molar-refractivity contribution in [2.75, 3.05) is 17.2 Å². The van der Waals surface area contributed by atoms with E-state index in [1.165, 1.54) is 0 Å². The predicted octanol–water partition coefficient (Wildman–Crippen LogP) is 2.47. The Morgan fingerprint density at radius 2 is 2.11 bits per heavy atom. The van der Waals surface area contributed by atoms with Crippen LogP contribution in [-0.2, 0) is 0 Å². The van der Waals surface area contributed by atoms with E-state index >= 15 is 0 Å². The van der Waals surface area contributed by atoms with Gasteiger partial charge in [0, 0.05) is 12.7 Å². The van der Waals surface area contributed by atoms with Gasteiger partial charge in [-0.05, 0) is 37.6 Å². The first-order valence-corrected chi connectivity index (χ1v) is 6.13. The highest BCUT2D eigenvalue weighted by atomic mass is 16.1. The molecule has 0 atom stereocenters. The number of rotatable bonds is 4. The van der Waals surface area contributed by atoms with Crippen LogP contribution in [0.3, 0.4) is 0 Å². The number of nitrogens with zero attached hydrogens (tertiary/aromatic N) is 2. The van der Waals surface area contributed by atoms with Crippen LogP contribution in [0.2, 0.25) is 0 Å². The number of amides is 1. The molecule has 0 saturated carbocycles. The van der Waals surface area contributed by atoms with E-state index < -0.39 is 0 Å². The molecule has 0 aliphatic rings. The van der Waals surface area contributed by atoms with Crippen molar-refractivity contribution in [1.29, 1.82) is 0 Å². The van der Waals surface area contributed by atoms with Gasteiger partial charge in [-0.15, -0.1) is 0 Å². The predicted molar refractivity (Wildman–Crippen MR) is 75.3 cm³/mol. The number of nitrogens with one attached hydrogen (secondary N) is 2. The van der Waals surface area contributed by atoms with Gasteiger partial charge in [0.2, 0.25) is 0 Å². The average molecular weight is 256 g/mol. The van der Waals surface area contributed by atoms with Gasteiger partial charge in [-0.1, -0.05) is 6.07 Å². The Kier molecular flexibility index (Phi) is 4.07. The minimum absolute atomic E-state index is 0.259. The van der Waals surface area contributed by atoms with Crippen molar-refractivity contribution in [1.82, 2.24) is 9.97 Å². The van der Waals surface area contributed by atoms with Gasteiger partial charge < -0.3 is 10.6 Å². The molecule has 2 aromatic heterocycles. The number of hydrogen-bond donors (Lipinski definition) is 2. The maximum absolute atomic E-state index is 12.0. The molecule has 2 aromatic rings. The van der Waals surface area contributed by atoms with Crippen molar-refractivity contribution in [2.45, 2.75) is 13.8 Å². The molecule has 0 fully saturated rings. The lowest BCUT2D eigenvalue weighted by Gasteiger charge is -2.07. The SMILES string of the molecule is CCNc1ccc(C(=O)Nc2ncccc2C)nc1. The van der Waals surface area contributed by atoms with Gasteiger partial charge in [-0.2, -0.15) is 0 Å². The maximum Gasteiger partial charge on any atom is 0.275 e. The summed E-state index contributed by atoms with van der Waals surface area (Å²) in [7, 11) is 0. The van der Waals surface area contributed by atoms with E-state index in [4.69, 9.17) is 0 Å². The van der Waals surface area contributed by atoms with Gasteiger partial charge in [0.15, 0.2) is 0 Å². The van der Waals surface area contributed by atoms with Crippen molar-refractivity contribution in [3.63, 3.8) is 0 Å². The highest BCUT2D eigenvalue weighted by Crippen LogP contribution is 2.11. The van der Waals surface area contributed by atoms with Crippen molar-refractivity contribution in [3.8, 4) is 0 Å². The number of pyridine rings is 2. The van der Waals surface area contributed by atoms with Crippen LogP contribution >= 0.6 is 0 Å². The zero-order valence-corrected chi connectivity index (χ0v) is 11.0. The lowest BCUT2D eigenvalue weighted by Crippen LogP contribution is -2.15. The molecule has 2 N–H and O–H groups in total. The Balaban J connectivity index is 2.10. The third-order valence-electron chi connectivity index (χ3n) is 2.62. The third-order valence-corrected chi connectivity index (χ3v) is 2.62. The summed E-state index contributed by atoms with van der Waals surface area (Å²) < 4.78 is 0. The van der Waals surface area contributed by atoms with E-state index in [-0.39, 0.29) is 5.91 Å². The minimum atomic E-state index is -0.259. The van der Waals surface area contributed by atoms with Crippen LogP contribution < -0.4 is 10.6 Å². The summed E-state index contributed by atoms with van der Waals surface area (Å²) in [5.74, 6) is 0.301. The molecule has 5 heteroatoms. The van der Waals surface area contributed by atoms with Crippen LogP contribution in [0.15, 0.2) is 36.7 Å². The fraction of sp³-hybridized carbons (Fsp3) is 0.214. The molecule has 2 rings (SSSR count). The first-order valence-electron chi connectivity index (χ1n) is 6.13. The molecular formula is C14H16N4O. The largest absolute Gasteiger partial charge is 0.384 e. The average Bonchev–Trinajstić information content (AvgIpc) is 2.42. The molecule has 0 bridgehead atoms. The van der Waals surface area contributed by atoms with Gasteiger partial charge in [-0.25, -0.2) is 9.97 Å². The Morgan fingerprint density at radius 1 is 1.26 bits per heavy atom. The Hall–Kier alpha value is -2.43. The van der Waals surface area contributed by atoms with Crippen LogP contribution in [0.4, 0.5) is 11.5 Å². The van der Waals surface area contributed by atoms with Gasteiger partial charge in [0.1, 0.15) is 11.5 Å². The number of hydrogen-bond acceptors (Lipinski definition) is 4. The number of carbonyl (C=O) groups excluding carboxylic acids is 1. The van der Waals surface area contributed by atoms with E-state index in [1.807, 2.05) is 32.0 Å². The summed E-state index contributed by atoms with van der Waals surface area (Å²) in [5, 5.41) is 5.87. The topological polar surface area (TPSA) is 66.9 Å². The van der Waals surface area contributed by atoms with E-state index in [1.54, 1.807) is 18.5 Å². The highest BCUT2D eigenvalue weighted by molar-refractivity contribution is 6.02. The van der Waals surface area contributed by atoms with Crippen molar-refractivity contribution in [2.24, 2.45) is 0 Å². The molecule has 0 aromatic carbocycles. The minimum Gasteiger partial charge on any atom is -0.384 e. The summed E-state index contributed by atoms with van der Waals surface area (Å²) in [6, 6.07) is 7.24. The fourth-order valence-electron chi connectivity index (χ4n) is 1.62. The molecule has 5 nitrogen and oxygen atoms in total. The Labute approximate surface area is 112 Å². The van der Waals surface area contributed by atoms with E-state index in [9.17, 15) is 4.79 Å². The summed E-state index contributed by atoms with van der Waals surface area (Å²) in [5.41, 5.74) is 2.18. The molecule has 0 aliphatic heterocycles. The number of aryl methyl sites for hydroxylation is 1. The maximum atomic E-state index is 12.0. The monoisotopic (exact) mass is 256 g/mol. The van der Waals surface area contributed by atoms with E-state index in [0.29, 0.717) is 11.5 Å². The van der Waals surface area contributed by atoms with Crippen molar-refractivity contribution in [3.05, 3.63) is 47.9 Å². The molecule has 1 amide bonds. The van der Waals surface area contributed by atoms with E-state index in [0.717, 1.165) is 17.8 Å². The van der Waals surface area contributed by atoms with Crippen LogP contribution in [-0.4, -0.2) is 22.4 Å². The van der Waals surface area contributed by atoms with Crippen molar-refractivity contribution >= 4 is 17.4 Å². The second kappa shape index (κ2) is 5.95. The van der Waals surface area contributed by atoms with Crippen LogP contribution in [0.5, 0.6) is 0 Å². The summed E-state index contributed by atoms with van der Waals surface area (Å²) in [6.45, 7) is 4.72. The molecule has 2 heterocycles. The fourth-order valence-corrected chi connectivity index (χ4v) is 1.62. The smallest absolute Gasteiger partial charge is 0.275 e. The number of anilines is 2. The van der Waals surface area contributed by atoms with Crippen LogP contribution in [0.1, 0.15) is 23.0 Å². The lowest BCUT2D eigenvalue weighted by atomic mass is 10.2. The molecule has 19 heavy (non-hydrogen) atoms. The summed E-state index contributed by atoms with van der Waals surface area (Å²) in [6.07, 6.45) is 3.29. The zero-order chi connectivity index (χ0) is 13.7. The summed E-state index contributed by atoms with van der Waals surface area (Å²) in [4.78, 5) is 20.2. The van der Waals surface area contributed by atoms with Gasteiger partial charge in [0.25, 0.3) is 5.91 Å². The van der Waals surface area contributed by atoms with Crippen LogP contribution in [0, 0.1) is 6.92 Å². The molecule has 0 saturated heterocycles. The highest BCUT2D eigenvalue weighted by Gasteiger charge is 2.09. The first kappa shape index (κ1) is 13.0. The molecule has 0 spiro atoms. The standard InChI is InChI=1S/C14H16N4O/c1-3-15-11-6-7-12(17-9-11)14(19)18-13-10(2)5-4-8-16-13/h4-9,15H,3H2,1-2H3,(H,16,18,19). The molecule has 0 aliphatic carbocycles. The molecule has 0 unspecified atom stereocenters. The Bertz CT molecular complexity index is 566. The second-order valence-corrected chi connectivity index (χ2v) is 4.09. The molecule has 0 radical (unpaired) electrons. The number of aromatic nitrogens is 2. The molecular weight excluding hydrogens is 240 g/mol. The lowest BCUT2D eigenvalue weighted by molar-refractivity contribution is 0.102. The third kappa shape index (κ3) is 3.28. The molecule has 98 valence electrons. The van der Waals surface area contributed by atoms with E-state index in [2.05, 4.69) is 20.6 Å². The van der Waals surface area contributed by atoms with Gasteiger partial charge >= 0.3 is 0 Å². The van der Waals surface area contributed by atoms with Crippen LogP contribution in [0.25, 0.3) is 0 Å².